The molecule has 0 atom stereocenters. The third-order valence-electron chi connectivity index (χ3n) is 4.13. The zero-order valence-electron chi connectivity index (χ0n) is 14.7. The summed E-state index contributed by atoms with van der Waals surface area (Å²) in [5.41, 5.74) is 2.29. The summed E-state index contributed by atoms with van der Waals surface area (Å²) in [7, 11) is 0. The lowest BCUT2D eigenvalue weighted by atomic mass is 10.1. The molecular formula is C19H22N4O2. The van der Waals surface area contributed by atoms with Gasteiger partial charge in [-0.25, -0.2) is 4.98 Å². The van der Waals surface area contributed by atoms with Gasteiger partial charge in [0.05, 0.1) is 5.56 Å². The lowest BCUT2D eigenvalue weighted by Crippen LogP contribution is -2.30. The maximum Gasteiger partial charge on any atom is 0.259 e. The number of aromatic amines is 1. The Kier molecular flexibility index (Phi) is 4.70. The smallest absolute Gasteiger partial charge is 0.259 e. The molecule has 6 heteroatoms. The molecule has 0 unspecified atom stereocenters. The van der Waals surface area contributed by atoms with Crippen LogP contribution in [0, 0.1) is 12.8 Å². The quantitative estimate of drug-likeness (QED) is 0.750. The Balaban J connectivity index is 1.89. The van der Waals surface area contributed by atoms with E-state index in [1.54, 1.807) is 6.20 Å². The number of carbonyl (C=O) groups is 1. The maximum atomic E-state index is 12.5. The van der Waals surface area contributed by atoms with Crippen molar-refractivity contribution in [2.45, 2.75) is 27.3 Å². The first-order valence-corrected chi connectivity index (χ1v) is 8.38. The highest BCUT2D eigenvalue weighted by Crippen LogP contribution is 2.19. The number of carbonyl (C=O) groups excluding carboxylic acids is 1. The van der Waals surface area contributed by atoms with Crippen molar-refractivity contribution in [3.8, 4) is 11.4 Å². The molecule has 1 amide bonds. The van der Waals surface area contributed by atoms with E-state index in [1.807, 2.05) is 55.8 Å². The number of rotatable bonds is 5. The topological polar surface area (TPSA) is 79.8 Å². The standard InChI is InChI=1S/C19H22N4O2/c1-12(2)18(24)21-7-9-23-8-6-20-17(23)15-11-14-10-13(3)4-5-16(14)22-19(15)25/h4-6,8,10-12H,7,9H2,1-3H3,(H,21,24)(H,22,25). The van der Waals surface area contributed by atoms with Crippen molar-refractivity contribution in [3.05, 3.63) is 52.6 Å². The van der Waals surface area contributed by atoms with E-state index >= 15 is 0 Å². The first-order valence-electron chi connectivity index (χ1n) is 8.38. The molecule has 2 aromatic heterocycles. The van der Waals surface area contributed by atoms with Crippen LogP contribution >= 0.6 is 0 Å². The minimum absolute atomic E-state index is 0.0145. The Morgan fingerprint density at radius 1 is 1.32 bits per heavy atom. The minimum Gasteiger partial charge on any atom is -0.354 e. The molecule has 1 aromatic carbocycles. The summed E-state index contributed by atoms with van der Waals surface area (Å²) in [5.74, 6) is 0.568. The van der Waals surface area contributed by atoms with Gasteiger partial charge in [0.25, 0.3) is 5.56 Å². The number of pyridine rings is 1. The van der Waals surface area contributed by atoms with Crippen LogP contribution in [-0.2, 0) is 11.3 Å². The number of nitrogens with one attached hydrogen (secondary N) is 2. The normalized spacial score (nSPS) is 11.2. The third kappa shape index (κ3) is 3.63. The second-order valence-corrected chi connectivity index (χ2v) is 6.49. The summed E-state index contributed by atoms with van der Waals surface area (Å²) in [5, 5.41) is 3.85. The van der Waals surface area contributed by atoms with Gasteiger partial charge in [0.15, 0.2) is 0 Å². The van der Waals surface area contributed by atoms with Crippen LogP contribution in [0.1, 0.15) is 19.4 Å². The van der Waals surface area contributed by atoms with Gasteiger partial charge in [-0.05, 0) is 30.5 Å². The van der Waals surface area contributed by atoms with Crippen molar-refractivity contribution < 1.29 is 4.79 Å². The van der Waals surface area contributed by atoms with E-state index in [-0.39, 0.29) is 17.4 Å². The summed E-state index contributed by atoms with van der Waals surface area (Å²) < 4.78 is 1.88. The molecule has 0 radical (unpaired) electrons. The molecule has 0 aliphatic rings. The lowest BCUT2D eigenvalue weighted by molar-refractivity contribution is -0.124. The molecule has 0 aliphatic heterocycles. The van der Waals surface area contributed by atoms with E-state index in [0.29, 0.717) is 24.5 Å². The Morgan fingerprint density at radius 3 is 2.88 bits per heavy atom. The molecule has 25 heavy (non-hydrogen) atoms. The van der Waals surface area contributed by atoms with Crippen LogP contribution in [0.3, 0.4) is 0 Å². The van der Waals surface area contributed by atoms with Crippen LogP contribution in [0.4, 0.5) is 0 Å². The van der Waals surface area contributed by atoms with Gasteiger partial charge in [-0.15, -0.1) is 0 Å². The van der Waals surface area contributed by atoms with Crippen molar-refractivity contribution in [3.63, 3.8) is 0 Å². The Morgan fingerprint density at radius 2 is 2.12 bits per heavy atom. The van der Waals surface area contributed by atoms with Gasteiger partial charge in [0.2, 0.25) is 5.91 Å². The van der Waals surface area contributed by atoms with E-state index in [1.165, 1.54) is 0 Å². The van der Waals surface area contributed by atoms with Crippen LogP contribution < -0.4 is 10.9 Å². The average Bonchev–Trinajstić information content (AvgIpc) is 3.02. The van der Waals surface area contributed by atoms with Crippen molar-refractivity contribution in [1.29, 1.82) is 0 Å². The SMILES string of the molecule is Cc1ccc2[nH]c(=O)c(-c3nccn3CCNC(=O)C(C)C)cc2c1. The zero-order valence-corrected chi connectivity index (χ0v) is 14.7. The molecular weight excluding hydrogens is 316 g/mol. The van der Waals surface area contributed by atoms with Crippen molar-refractivity contribution >= 4 is 16.8 Å². The number of H-pyrrole nitrogens is 1. The molecule has 2 N–H and O–H groups in total. The number of aromatic nitrogens is 3. The Labute approximate surface area is 145 Å². The van der Waals surface area contributed by atoms with Crippen molar-refractivity contribution in [1.82, 2.24) is 19.9 Å². The van der Waals surface area contributed by atoms with Gasteiger partial charge in [-0.1, -0.05) is 25.5 Å². The third-order valence-corrected chi connectivity index (χ3v) is 4.13. The first-order chi connectivity index (χ1) is 12.0. The molecule has 0 fully saturated rings. The van der Waals surface area contributed by atoms with E-state index in [2.05, 4.69) is 15.3 Å². The largest absolute Gasteiger partial charge is 0.354 e. The minimum atomic E-state index is -0.171. The van der Waals surface area contributed by atoms with Crippen LogP contribution in [0.5, 0.6) is 0 Å². The van der Waals surface area contributed by atoms with Crippen LogP contribution in [0.25, 0.3) is 22.3 Å². The number of hydrogen-bond donors (Lipinski definition) is 2. The van der Waals surface area contributed by atoms with Gasteiger partial charge in [-0.2, -0.15) is 0 Å². The number of aryl methyl sites for hydroxylation is 1. The summed E-state index contributed by atoms with van der Waals surface area (Å²) in [4.78, 5) is 31.4. The molecule has 0 aliphatic carbocycles. The fourth-order valence-electron chi connectivity index (χ4n) is 2.73. The number of hydrogen-bond acceptors (Lipinski definition) is 3. The second kappa shape index (κ2) is 6.93. The van der Waals surface area contributed by atoms with Crippen LogP contribution in [0.15, 0.2) is 41.5 Å². The number of nitrogens with zero attached hydrogens (tertiary/aromatic N) is 2. The molecule has 6 nitrogen and oxygen atoms in total. The van der Waals surface area contributed by atoms with Gasteiger partial charge in [-0.3, -0.25) is 9.59 Å². The fourth-order valence-corrected chi connectivity index (χ4v) is 2.73. The lowest BCUT2D eigenvalue weighted by Gasteiger charge is -2.11. The van der Waals surface area contributed by atoms with E-state index in [0.717, 1.165) is 16.5 Å². The first kappa shape index (κ1) is 17.0. The number of amides is 1. The number of fused-ring (bicyclic) bond motifs is 1. The van der Waals surface area contributed by atoms with Gasteiger partial charge in [0.1, 0.15) is 5.82 Å². The van der Waals surface area contributed by atoms with E-state index < -0.39 is 0 Å². The molecule has 2 heterocycles. The van der Waals surface area contributed by atoms with Crippen LogP contribution in [-0.4, -0.2) is 27.0 Å². The van der Waals surface area contributed by atoms with Gasteiger partial charge >= 0.3 is 0 Å². The molecule has 0 spiro atoms. The highest BCUT2D eigenvalue weighted by Gasteiger charge is 2.12. The molecule has 3 rings (SSSR count). The van der Waals surface area contributed by atoms with Gasteiger partial charge in [0, 0.05) is 36.9 Å². The summed E-state index contributed by atoms with van der Waals surface area (Å²) in [6, 6.07) is 7.78. The maximum absolute atomic E-state index is 12.5. The summed E-state index contributed by atoms with van der Waals surface area (Å²) >= 11 is 0. The average molecular weight is 338 g/mol. The highest BCUT2D eigenvalue weighted by molar-refractivity contribution is 5.83. The van der Waals surface area contributed by atoms with Gasteiger partial charge < -0.3 is 14.9 Å². The Bertz CT molecular complexity index is 969. The zero-order chi connectivity index (χ0) is 18.0. The molecule has 130 valence electrons. The molecule has 0 bridgehead atoms. The van der Waals surface area contributed by atoms with E-state index in [4.69, 9.17) is 0 Å². The van der Waals surface area contributed by atoms with E-state index in [9.17, 15) is 9.59 Å². The summed E-state index contributed by atoms with van der Waals surface area (Å²) in [6.45, 7) is 6.77. The van der Waals surface area contributed by atoms with Crippen molar-refractivity contribution in [2.75, 3.05) is 6.54 Å². The molecule has 0 saturated heterocycles. The van der Waals surface area contributed by atoms with Crippen LogP contribution in [0.2, 0.25) is 0 Å². The number of benzene rings is 1. The monoisotopic (exact) mass is 338 g/mol. The molecule has 3 aromatic rings. The highest BCUT2D eigenvalue weighted by atomic mass is 16.1. The van der Waals surface area contributed by atoms with Crippen molar-refractivity contribution in [2.24, 2.45) is 5.92 Å². The summed E-state index contributed by atoms with van der Waals surface area (Å²) in [6.07, 6.45) is 3.48. The Hall–Kier alpha value is -2.89. The predicted octanol–water partition coefficient (Wildman–Crippen LogP) is 2.47. The number of imidazole rings is 1. The predicted molar refractivity (Wildman–Crippen MR) is 98.4 cm³/mol. The fraction of sp³-hybridized carbons (Fsp3) is 0.316. The second-order valence-electron chi connectivity index (χ2n) is 6.49. The molecule has 0 saturated carbocycles.